The first-order valence-corrected chi connectivity index (χ1v) is 6.38. The van der Waals surface area contributed by atoms with Crippen molar-refractivity contribution in [3.63, 3.8) is 0 Å². The van der Waals surface area contributed by atoms with Gasteiger partial charge in [0.1, 0.15) is 0 Å². The molecule has 2 aromatic carbocycles. The van der Waals surface area contributed by atoms with Gasteiger partial charge in [0.05, 0.1) is 20.8 Å². The Balaban J connectivity index is 0.000000364. The molecule has 0 amide bonds. The van der Waals surface area contributed by atoms with Crippen LogP contribution in [-0.2, 0) is 0 Å². The van der Waals surface area contributed by atoms with Crippen LogP contribution in [0.4, 0.5) is 17.1 Å². The van der Waals surface area contributed by atoms with Gasteiger partial charge in [-0.2, -0.15) is 0 Å². The minimum Gasteiger partial charge on any atom is -0.399 e. The van der Waals surface area contributed by atoms with Crippen LogP contribution in [0.5, 0.6) is 0 Å². The fraction of sp³-hybridized carbons (Fsp3) is 0. The summed E-state index contributed by atoms with van der Waals surface area (Å²) in [4.78, 5) is 2.62. The van der Waals surface area contributed by atoms with E-state index in [9.17, 15) is 0 Å². The van der Waals surface area contributed by atoms with E-state index in [1.54, 1.807) is 36.4 Å². The molecule has 0 bridgehead atoms. The van der Waals surface area contributed by atoms with E-state index in [0.717, 1.165) is 0 Å². The van der Waals surface area contributed by atoms with E-state index in [1.807, 2.05) is 0 Å². The molecule has 112 valence electrons. The van der Waals surface area contributed by atoms with Crippen LogP contribution in [0.1, 0.15) is 0 Å². The number of benzene rings is 2. The number of hydrogen-bond donors (Lipinski definition) is 2. The van der Waals surface area contributed by atoms with E-state index in [1.165, 1.54) is 0 Å². The van der Waals surface area contributed by atoms with Crippen molar-refractivity contribution in [2.24, 2.45) is 5.11 Å². The number of nitrogen functional groups attached to an aromatic ring is 2. The molecule has 4 N–H and O–H groups in total. The first-order valence-electron chi connectivity index (χ1n) is 5.25. The highest BCUT2D eigenvalue weighted by molar-refractivity contribution is 6.49. The van der Waals surface area contributed by atoms with Gasteiger partial charge in [0, 0.05) is 16.3 Å². The Morgan fingerprint density at radius 2 is 1.48 bits per heavy atom. The summed E-state index contributed by atoms with van der Waals surface area (Å²) in [6.45, 7) is 0. The molecule has 21 heavy (non-hydrogen) atoms. The Hall–Kier alpha value is -1.49. The van der Waals surface area contributed by atoms with Crippen molar-refractivity contribution >= 4 is 64.3 Å². The first-order chi connectivity index (χ1) is 9.45. The van der Waals surface area contributed by atoms with Gasteiger partial charge in [-0.3, -0.25) is 0 Å². The van der Waals surface area contributed by atoms with E-state index < -0.39 is 0 Å². The minimum atomic E-state index is 0. The highest BCUT2D eigenvalue weighted by Crippen LogP contribution is 2.33. The van der Waals surface area contributed by atoms with Crippen LogP contribution >= 0.6 is 47.2 Å². The Bertz CT molecular complexity index is 612. The lowest BCUT2D eigenvalue weighted by atomic mass is 10.3. The van der Waals surface area contributed by atoms with Gasteiger partial charge >= 0.3 is 0 Å². The molecule has 2 aromatic rings. The molecule has 5 nitrogen and oxygen atoms in total. The normalized spacial score (nSPS) is 8.71. The average Bonchev–Trinajstić information content (AvgIpc) is 2.44. The minimum absolute atomic E-state index is 0. The van der Waals surface area contributed by atoms with Gasteiger partial charge in [-0.05, 0) is 29.8 Å². The predicted octanol–water partition coefficient (Wildman–Crippen LogP) is 5.86. The van der Waals surface area contributed by atoms with Gasteiger partial charge < -0.3 is 11.5 Å². The zero-order chi connectivity index (χ0) is 15.1. The Kier molecular flexibility index (Phi) is 8.78. The quantitative estimate of drug-likeness (QED) is 0.217. The summed E-state index contributed by atoms with van der Waals surface area (Å²) in [5, 5.41) is 4.41. The molecule has 2 rings (SSSR count). The van der Waals surface area contributed by atoms with E-state index in [2.05, 4.69) is 10.0 Å². The number of hydrogen-bond acceptors (Lipinski definition) is 3. The van der Waals surface area contributed by atoms with Crippen LogP contribution in [-0.4, -0.2) is 0 Å². The summed E-state index contributed by atoms with van der Waals surface area (Å²) in [6, 6.07) is 9.90. The standard InChI is InChI=1S/C6H4Cl3N.C6H6N4.ClH/c7-3-1-2-4(10)6(9)5(3)8;7-5-1-3-6(4-2-5)9-10-8;/h1-2H,10H2;1-4H,7H2;1H. The number of azide groups is 1. The summed E-state index contributed by atoms with van der Waals surface area (Å²) in [5.74, 6) is 0. The first kappa shape index (κ1) is 19.5. The number of halogens is 4. The van der Waals surface area contributed by atoms with Gasteiger partial charge in [-0.1, -0.05) is 52.0 Å². The fourth-order valence-corrected chi connectivity index (χ4v) is 1.68. The van der Waals surface area contributed by atoms with Gasteiger partial charge in [0.25, 0.3) is 0 Å². The lowest BCUT2D eigenvalue weighted by Gasteiger charge is -2.00. The molecular weight excluding hydrogens is 356 g/mol. The molecule has 0 saturated heterocycles. The molecule has 0 unspecified atom stereocenters. The maximum Gasteiger partial charge on any atom is 0.0836 e. The highest BCUT2D eigenvalue weighted by atomic mass is 35.5. The molecule has 0 aliphatic carbocycles. The number of nitrogens with zero attached hydrogens (tertiary/aromatic N) is 3. The Morgan fingerprint density at radius 1 is 0.905 bits per heavy atom. The van der Waals surface area contributed by atoms with Crippen molar-refractivity contribution < 1.29 is 0 Å². The molecule has 0 aliphatic heterocycles. The van der Waals surface area contributed by atoms with Crippen LogP contribution < -0.4 is 11.5 Å². The van der Waals surface area contributed by atoms with Crippen molar-refractivity contribution in [2.45, 2.75) is 0 Å². The van der Waals surface area contributed by atoms with Crippen LogP contribution in [0.15, 0.2) is 41.5 Å². The van der Waals surface area contributed by atoms with Crippen molar-refractivity contribution in [1.29, 1.82) is 0 Å². The van der Waals surface area contributed by atoms with Crippen molar-refractivity contribution in [3.8, 4) is 0 Å². The summed E-state index contributed by atoms with van der Waals surface area (Å²) in [5.41, 5.74) is 20.5. The lowest BCUT2D eigenvalue weighted by molar-refractivity contribution is 1.48. The Morgan fingerprint density at radius 3 is 1.95 bits per heavy atom. The second kappa shape index (κ2) is 9.45. The molecular formula is C12H11Cl4N5. The number of nitrogens with two attached hydrogens (primary N) is 2. The summed E-state index contributed by atoms with van der Waals surface area (Å²) in [6.07, 6.45) is 0. The third-order valence-corrected chi connectivity index (χ3v) is 3.43. The van der Waals surface area contributed by atoms with Crippen LogP contribution in [0, 0.1) is 0 Å². The molecule has 0 aliphatic rings. The average molecular weight is 367 g/mol. The molecule has 0 aromatic heterocycles. The summed E-state index contributed by atoms with van der Waals surface area (Å²) >= 11 is 16.9. The Labute approximate surface area is 142 Å². The molecule has 0 heterocycles. The smallest absolute Gasteiger partial charge is 0.0836 e. The molecule has 0 saturated carbocycles. The zero-order valence-corrected chi connectivity index (χ0v) is 13.6. The molecule has 9 heteroatoms. The monoisotopic (exact) mass is 365 g/mol. The van der Waals surface area contributed by atoms with Crippen LogP contribution in [0.2, 0.25) is 15.1 Å². The molecule has 0 atom stereocenters. The van der Waals surface area contributed by atoms with Gasteiger partial charge in [0.2, 0.25) is 0 Å². The fourth-order valence-electron chi connectivity index (χ4n) is 1.13. The van der Waals surface area contributed by atoms with Crippen molar-refractivity contribution in [3.05, 3.63) is 61.9 Å². The van der Waals surface area contributed by atoms with Crippen molar-refractivity contribution in [2.75, 3.05) is 11.5 Å². The molecule has 0 spiro atoms. The topological polar surface area (TPSA) is 101 Å². The van der Waals surface area contributed by atoms with E-state index in [4.69, 9.17) is 51.8 Å². The second-order valence-corrected chi connectivity index (χ2v) is 4.71. The van der Waals surface area contributed by atoms with Gasteiger partial charge in [0.15, 0.2) is 0 Å². The maximum absolute atomic E-state index is 8.02. The largest absolute Gasteiger partial charge is 0.399 e. The molecule has 0 radical (unpaired) electrons. The number of rotatable bonds is 1. The van der Waals surface area contributed by atoms with Crippen molar-refractivity contribution in [1.82, 2.24) is 0 Å². The van der Waals surface area contributed by atoms with E-state index in [-0.39, 0.29) is 12.4 Å². The summed E-state index contributed by atoms with van der Waals surface area (Å²) < 4.78 is 0. The van der Waals surface area contributed by atoms with Gasteiger partial charge in [-0.15, -0.1) is 12.4 Å². The third-order valence-electron chi connectivity index (χ3n) is 2.12. The van der Waals surface area contributed by atoms with Gasteiger partial charge in [-0.25, -0.2) is 0 Å². The third kappa shape index (κ3) is 6.21. The van der Waals surface area contributed by atoms with Crippen LogP contribution in [0.25, 0.3) is 10.4 Å². The SMILES string of the molecule is Cl.Nc1ccc(Cl)c(Cl)c1Cl.[N-]=[N+]=Nc1ccc(N)cc1. The second-order valence-electron chi connectivity index (χ2n) is 3.55. The van der Waals surface area contributed by atoms with E-state index in [0.29, 0.717) is 32.1 Å². The lowest BCUT2D eigenvalue weighted by Crippen LogP contribution is -1.85. The molecule has 0 fully saturated rings. The van der Waals surface area contributed by atoms with E-state index >= 15 is 0 Å². The highest BCUT2D eigenvalue weighted by Gasteiger charge is 2.04. The summed E-state index contributed by atoms with van der Waals surface area (Å²) in [7, 11) is 0. The predicted molar refractivity (Wildman–Crippen MR) is 92.8 cm³/mol. The van der Waals surface area contributed by atoms with Crippen LogP contribution in [0.3, 0.4) is 0 Å². The zero-order valence-electron chi connectivity index (χ0n) is 10.5. The number of anilines is 2. The maximum atomic E-state index is 8.02.